The van der Waals surface area contributed by atoms with Gasteiger partial charge in [0.25, 0.3) is 0 Å². The van der Waals surface area contributed by atoms with Crippen molar-refractivity contribution in [3.8, 4) is 17.0 Å². The van der Waals surface area contributed by atoms with Gasteiger partial charge in [0.15, 0.2) is 0 Å². The molecule has 0 bridgehead atoms. The van der Waals surface area contributed by atoms with Crippen LogP contribution in [0.3, 0.4) is 0 Å². The minimum atomic E-state index is -0.0101. The monoisotopic (exact) mass is 370 g/mol. The molecule has 0 spiro atoms. The first-order chi connectivity index (χ1) is 12.7. The molecule has 2 aromatic carbocycles. The van der Waals surface area contributed by atoms with E-state index in [4.69, 9.17) is 21.4 Å². The maximum atomic E-state index is 9.05. The molecule has 7 heteroatoms. The van der Waals surface area contributed by atoms with Gasteiger partial charge in [-0.3, -0.25) is 0 Å². The van der Waals surface area contributed by atoms with Gasteiger partial charge in [-0.15, -0.1) is 0 Å². The van der Waals surface area contributed by atoms with Gasteiger partial charge < -0.3 is 20.5 Å². The first-order valence-electron chi connectivity index (χ1n) is 8.09. The van der Waals surface area contributed by atoms with Crippen molar-refractivity contribution in [2.24, 2.45) is 0 Å². The lowest BCUT2D eigenvalue weighted by molar-refractivity contribution is 0.311. The third-order valence-corrected chi connectivity index (χ3v) is 3.85. The highest BCUT2D eigenvalue weighted by molar-refractivity contribution is 6.31. The Bertz CT molecular complexity index is 875. The third kappa shape index (κ3) is 4.41. The summed E-state index contributed by atoms with van der Waals surface area (Å²) in [6.45, 7) is 0.349. The Morgan fingerprint density at radius 1 is 1.08 bits per heavy atom. The van der Waals surface area contributed by atoms with Crippen molar-refractivity contribution in [2.45, 2.75) is 0 Å². The van der Waals surface area contributed by atoms with Gasteiger partial charge in [0, 0.05) is 23.2 Å². The zero-order valence-electron chi connectivity index (χ0n) is 14.2. The molecule has 0 atom stereocenters. The lowest BCUT2D eigenvalue weighted by Gasteiger charge is -2.13. The number of ether oxygens (including phenoxy) is 1. The molecule has 0 unspecified atom stereocenters. The van der Waals surface area contributed by atoms with Gasteiger partial charge in [-0.1, -0.05) is 41.9 Å². The second-order valence-corrected chi connectivity index (χ2v) is 5.88. The van der Waals surface area contributed by atoms with E-state index < -0.39 is 0 Å². The highest BCUT2D eigenvalue weighted by Gasteiger charge is 2.10. The summed E-state index contributed by atoms with van der Waals surface area (Å²) >= 11 is 6.10. The number of hydrogen-bond donors (Lipinski definition) is 3. The van der Waals surface area contributed by atoms with E-state index >= 15 is 0 Å². The van der Waals surface area contributed by atoms with E-state index in [-0.39, 0.29) is 6.61 Å². The molecule has 3 rings (SSSR count). The van der Waals surface area contributed by atoms with E-state index in [0.717, 1.165) is 11.3 Å². The summed E-state index contributed by atoms with van der Waals surface area (Å²) in [7, 11) is 1.60. The number of aliphatic hydroxyl groups excluding tert-OH is 1. The number of nitrogens with zero attached hydrogens (tertiary/aromatic N) is 2. The van der Waals surface area contributed by atoms with Crippen molar-refractivity contribution >= 4 is 29.1 Å². The van der Waals surface area contributed by atoms with Gasteiger partial charge in [0.1, 0.15) is 11.6 Å². The smallest absolute Gasteiger partial charge is 0.225 e. The molecule has 0 amide bonds. The quantitative estimate of drug-likeness (QED) is 0.584. The van der Waals surface area contributed by atoms with Gasteiger partial charge in [0.2, 0.25) is 5.95 Å². The van der Waals surface area contributed by atoms with Crippen LogP contribution >= 0.6 is 11.6 Å². The molecule has 1 heterocycles. The summed E-state index contributed by atoms with van der Waals surface area (Å²) in [6, 6.07) is 17.0. The van der Waals surface area contributed by atoms with Crippen LogP contribution in [0.15, 0.2) is 54.6 Å². The molecule has 0 aliphatic rings. The normalized spacial score (nSPS) is 10.4. The number of hydrogen-bond acceptors (Lipinski definition) is 6. The fourth-order valence-electron chi connectivity index (χ4n) is 2.43. The van der Waals surface area contributed by atoms with Gasteiger partial charge in [0.05, 0.1) is 25.1 Å². The van der Waals surface area contributed by atoms with Crippen LogP contribution in [0.25, 0.3) is 11.3 Å². The molecule has 3 N–H and O–H groups in total. The molecule has 3 aromatic rings. The first kappa shape index (κ1) is 18.0. The number of aliphatic hydroxyl groups is 1. The average molecular weight is 371 g/mol. The minimum Gasteiger partial charge on any atom is -0.495 e. The number of methoxy groups -OCH3 is 1. The summed E-state index contributed by atoms with van der Waals surface area (Å²) in [5.74, 6) is 1.66. The number of nitrogens with one attached hydrogen (secondary N) is 2. The standard InChI is InChI=1S/C19H19ClN4O2/c1-26-17-8-7-14(20)11-16(17)22-18-12-15(13-5-3-2-4-6-13)23-19(24-18)21-9-10-25/h2-8,11-12,25H,9-10H2,1H3,(H2,21,22,23,24). The Hall–Kier alpha value is -2.83. The Morgan fingerprint density at radius 3 is 2.62 bits per heavy atom. The largest absolute Gasteiger partial charge is 0.495 e. The van der Waals surface area contributed by atoms with Gasteiger partial charge in [-0.2, -0.15) is 4.98 Å². The fraction of sp³-hybridized carbons (Fsp3) is 0.158. The maximum Gasteiger partial charge on any atom is 0.225 e. The summed E-state index contributed by atoms with van der Waals surface area (Å²) < 4.78 is 5.37. The zero-order chi connectivity index (χ0) is 18.4. The van der Waals surface area contributed by atoms with Crippen LogP contribution in [0.4, 0.5) is 17.5 Å². The zero-order valence-corrected chi connectivity index (χ0v) is 15.0. The molecule has 0 saturated heterocycles. The molecule has 0 aliphatic carbocycles. The highest BCUT2D eigenvalue weighted by Crippen LogP contribution is 2.31. The van der Waals surface area contributed by atoms with E-state index in [1.54, 1.807) is 25.3 Å². The van der Waals surface area contributed by atoms with E-state index in [1.165, 1.54) is 0 Å². The number of aromatic nitrogens is 2. The van der Waals surface area contributed by atoms with Crippen LogP contribution in [0.1, 0.15) is 0 Å². The predicted octanol–water partition coefficient (Wildman–Crippen LogP) is 3.95. The SMILES string of the molecule is COc1ccc(Cl)cc1Nc1cc(-c2ccccc2)nc(NCCO)n1. The summed E-state index contributed by atoms with van der Waals surface area (Å²) in [5, 5.41) is 15.9. The van der Waals surface area contributed by atoms with Crippen molar-refractivity contribution < 1.29 is 9.84 Å². The Kier molecular flexibility index (Phi) is 5.88. The molecule has 1 aromatic heterocycles. The van der Waals surface area contributed by atoms with Crippen molar-refractivity contribution in [1.82, 2.24) is 9.97 Å². The van der Waals surface area contributed by atoms with Crippen LogP contribution in [0.5, 0.6) is 5.75 Å². The number of anilines is 3. The van der Waals surface area contributed by atoms with Crippen molar-refractivity contribution in [2.75, 3.05) is 30.9 Å². The lowest BCUT2D eigenvalue weighted by Crippen LogP contribution is -2.10. The predicted molar refractivity (Wildman–Crippen MR) is 104 cm³/mol. The second-order valence-electron chi connectivity index (χ2n) is 5.45. The van der Waals surface area contributed by atoms with Gasteiger partial charge >= 0.3 is 0 Å². The van der Waals surface area contributed by atoms with Crippen molar-refractivity contribution in [1.29, 1.82) is 0 Å². The fourth-order valence-corrected chi connectivity index (χ4v) is 2.60. The number of halogens is 1. The van der Waals surface area contributed by atoms with Crippen LogP contribution in [0.2, 0.25) is 5.02 Å². The highest BCUT2D eigenvalue weighted by atomic mass is 35.5. The molecule has 0 fully saturated rings. The Balaban J connectivity index is 1.99. The second kappa shape index (κ2) is 8.51. The lowest BCUT2D eigenvalue weighted by atomic mass is 10.1. The molecule has 6 nitrogen and oxygen atoms in total. The van der Waals surface area contributed by atoms with Crippen LogP contribution < -0.4 is 15.4 Å². The van der Waals surface area contributed by atoms with E-state index in [9.17, 15) is 0 Å². The Labute approximate surface area is 156 Å². The first-order valence-corrected chi connectivity index (χ1v) is 8.47. The molecule has 0 saturated carbocycles. The van der Waals surface area contributed by atoms with Crippen LogP contribution in [0, 0.1) is 0 Å². The van der Waals surface area contributed by atoms with Crippen molar-refractivity contribution in [3.63, 3.8) is 0 Å². The molecule has 0 radical (unpaired) electrons. The minimum absolute atomic E-state index is 0.0101. The summed E-state index contributed by atoms with van der Waals surface area (Å²) in [4.78, 5) is 8.97. The number of rotatable bonds is 7. The van der Waals surface area contributed by atoms with Gasteiger partial charge in [-0.25, -0.2) is 4.98 Å². The number of benzene rings is 2. The summed E-state index contributed by atoms with van der Waals surface area (Å²) in [6.07, 6.45) is 0. The topological polar surface area (TPSA) is 79.3 Å². The van der Waals surface area contributed by atoms with Crippen LogP contribution in [-0.2, 0) is 0 Å². The molecular weight excluding hydrogens is 352 g/mol. The maximum absolute atomic E-state index is 9.05. The van der Waals surface area contributed by atoms with E-state index in [2.05, 4.69) is 20.6 Å². The Morgan fingerprint density at radius 2 is 1.88 bits per heavy atom. The van der Waals surface area contributed by atoms with Gasteiger partial charge in [-0.05, 0) is 18.2 Å². The average Bonchev–Trinajstić information content (AvgIpc) is 2.67. The molecular formula is C19H19ClN4O2. The van der Waals surface area contributed by atoms with Crippen LogP contribution in [-0.4, -0.2) is 35.3 Å². The van der Waals surface area contributed by atoms with Crippen molar-refractivity contribution in [3.05, 3.63) is 59.6 Å². The third-order valence-electron chi connectivity index (χ3n) is 3.61. The summed E-state index contributed by atoms with van der Waals surface area (Å²) in [5.41, 5.74) is 2.42. The molecule has 0 aliphatic heterocycles. The molecule has 134 valence electrons. The van der Waals surface area contributed by atoms with E-state index in [1.807, 2.05) is 36.4 Å². The van der Waals surface area contributed by atoms with E-state index in [0.29, 0.717) is 34.8 Å². The molecule has 26 heavy (non-hydrogen) atoms.